The normalized spacial score (nSPS) is 11.6. The molecule has 5 heterocycles. The maximum Gasteiger partial charge on any atom is 0.0970 e. The number of nitrogens with zero attached hydrogens (tertiary/aromatic N) is 5. The zero-order valence-corrected chi connectivity index (χ0v) is 26.8. The van der Waals surface area contributed by atoms with Gasteiger partial charge >= 0.3 is 0 Å². The van der Waals surface area contributed by atoms with Gasteiger partial charge in [0.15, 0.2) is 0 Å². The average Bonchev–Trinajstić information content (AvgIpc) is 3.19. The van der Waals surface area contributed by atoms with E-state index < -0.39 is 0 Å². The van der Waals surface area contributed by atoms with Crippen LogP contribution in [-0.4, -0.2) is 24.9 Å². The van der Waals surface area contributed by atoms with E-state index in [-0.39, 0.29) is 0 Å². The summed E-state index contributed by atoms with van der Waals surface area (Å²) >= 11 is 0. The van der Waals surface area contributed by atoms with Gasteiger partial charge in [-0.15, -0.1) is 0 Å². The van der Waals surface area contributed by atoms with Gasteiger partial charge in [-0.2, -0.15) is 0 Å². The molecule has 0 N–H and O–H groups in total. The Balaban J connectivity index is 0.936. The largest absolute Gasteiger partial charge is 0.264 e. The standard InChI is InChI=1S/C45H27N5/c1-3-28-20-23-46-27-39(28)37(5-1)43-19-14-35-26-33(12-17-42(35)50-43)32-11-16-41-34(25-32)13-18-40(49-41)30-8-6-29(7-9-30)36-21-24-48-45-38(36)15-10-31-4-2-22-47-44(31)45/h1-27H. The zero-order valence-electron chi connectivity index (χ0n) is 26.8. The van der Waals surface area contributed by atoms with E-state index in [2.05, 4.69) is 142 Å². The Morgan fingerprint density at radius 1 is 0.360 bits per heavy atom. The van der Waals surface area contributed by atoms with Gasteiger partial charge in [-0.1, -0.05) is 84.9 Å². The van der Waals surface area contributed by atoms with Crippen LogP contribution in [0.1, 0.15) is 0 Å². The van der Waals surface area contributed by atoms with Crippen molar-refractivity contribution in [2.45, 2.75) is 0 Å². The SMILES string of the molecule is c1cc(-c2ccc3cc(-c4ccc5nc(-c6ccc(-c7ccnc8c7ccc7cccnc78)cc6)ccc5c4)ccc3n2)c2cnccc2c1. The molecule has 0 atom stereocenters. The number of hydrogen-bond donors (Lipinski definition) is 0. The molecule has 10 rings (SSSR count). The van der Waals surface area contributed by atoms with Crippen LogP contribution in [0.15, 0.2) is 164 Å². The van der Waals surface area contributed by atoms with Crippen molar-refractivity contribution in [1.29, 1.82) is 0 Å². The van der Waals surface area contributed by atoms with Crippen LogP contribution in [-0.2, 0) is 0 Å². The van der Waals surface area contributed by atoms with Crippen molar-refractivity contribution in [3.05, 3.63) is 164 Å². The molecule has 0 saturated carbocycles. The minimum absolute atomic E-state index is 0.921. The van der Waals surface area contributed by atoms with Crippen LogP contribution in [0.5, 0.6) is 0 Å². The highest BCUT2D eigenvalue weighted by atomic mass is 14.7. The molecule has 0 bridgehead atoms. The summed E-state index contributed by atoms with van der Waals surface area (Å²) in [5.41, 5.74) is 12.4. The van der Waals surface area contributed by atoms with Crippen molar-refractivity contribution in [3.8, 4) is 44.8 Å². The molecule has 0 aliphatic rings. The van der Waals surface area contributed by atoms with Gasteiger partial charge in [0.1, 0.15) is 0 Å². The maximum atomic E-state index is 5.04. The summed E-state index contributed by atoms with van der Waals surface area (Å²) in [4.78, 5) is 23.7. The monoisotopic (exact) mass is 637 g/mol. The number of rotatable bonds is 4. The molecule has 0 unspecified atom stereocenters. The van der Waals surface area contributed by atoms with E-state index in [4.69, 9.17) is 9.97 Å². The second-order valence-corrected chi connectivity index (χ2v) is 12.6. The summed E-state index contributed by atoms with van der Waals surface area (Å²) in [6.45, 7) is 0. The third-order valence-electron chi connectivity index (χ3n) is 9.65. The van der Waals surface area contributed by atoms with Crippen molar-refractivity contribution in [2.24, 2.45) is 0 Å². The van der Waals surface area contributed by atoms with Crippen LogP contribution in [0.2, 0.25) is 0 Å². The Morgan fingerprint density at radius 2 is 1.04 bits per heavy atom. The fourth-order valence-electron chi connectivity index (χ4n) is 7.08. The third-order valence-corrected chi connectivity index (χ3v) is 9.65. The number of pyridine rings is 5. The Kier molecular flexibility index (Phi) is 6.42. The minimum atomic E-state index is 0.921. The number of hydrogen-bond acceptors (Lipinski definition) is 5. The van der Waals surface area contributed by atoms with Crippen LogP contribution in [0.3, 0.4) is 0 Å². The molecule has 5 heteroatoms. The lowest BCUT2D eigenvalue weighted by Crippen LogP contribution is -1.89. The fraction of sp³-hybridized carbons (Fsp3) is 0. The summed E-state index contributed by atoms with van der Waals surface area (Å²) in [5.74, 6) is 0. The smallest absolute Gasteiger partial charge is 0.0970 e. The molecular formula is C45H27N5. The van der Waals surface area contributed by atoms with Gasteiger partial charge in [0.2, 0.25) is 0 Å². The van der Waals surface area contributed by atoms with Crippen molar-refractivity contribution in [1.82, 2.24) is 24.9 Å². The molecule has 0 aliphatic carbocycles. The zero-order chi connectivity index (χ0) is 33.0. The van der Waals surface area contributed by atoms with Gasteiger partial charge in [0, 0.05) is 62.8 Å². The lowest BCUT2D eigenvalue weighted by Gasteiger charge is -2.10. The highest BCUT2D eigenvalue weighted by Crippen LogP contribution is 2.34. The fourth-order valence-corrected chi connectivity index (χ4v) is 7.08. The average molecular weight is 638 g/mol. The van der Waals surface area contributed by atoms with Crippen molar-refractivity contribution >= 4 is 54.4 Å². The maximum absolute atomic E-state index is 5.04. The van der Waals surface area contributed by atoms with E-state index in [1.54, 1.807) is 0 Å². The van der Waals surface area contributed by atoms with Gasteiger partial charge in [0.05, 0.1) is 33.5 Å². The number of fused-ring (bicyclic) bond motifs is 6. The Morgan fingerprint density at radius 3 is 1.86 bits per heavy atom. The molecule has 0 spiro atoms. The molecule has 50 heavy (non-hydrogen) atoms. The highest BCUT2D eigenvalue weighted by Gasteiger charge is 2.11. The van der Waals surface area contributed by atoms with E-state index in [0.29, 0.717) is 0 Å². The van der Waals surface area contributed by atoms with E-state index in [1.807, 2.05) is 36.9 Å². The van der Waals surface area contributed by atoms with E-state index >= 15 is 0 Å². The van der Waals surface area contributed by atoms with Gasteiger partial charge < -0.3 is 0 Å². The summed E-state index contributed by atoms with van der Waals surface area (Å²) in [6.07, 6.45) is 7.43. The molecule has 232 valence electrons. The molecule has 0 saturated heterocycles. The summed E-state index contributed by atoms with van der Waals surface area (Å²) in [7, 11) is 0. The van der Waals surface area contributed by atoms with Crippen molar-refractivity contribution < 1.29 is 0 Å². The molecule has 5 nitrogen and oxygen atoms in total. The number of benzene rings is 5. The lowest BCUT2D eigenvalue weighted by molar-refractivity contribution is 1.35. The van der Waals surface area contributed by atoms with Crippen LogP contribution in [0.4, 0.5) is 0 Å². The first-order valence-corrected chi connectivity index (χ1v) is 16.6. The van der Waals surface area contributed by atoms with Gasteiger partial charge in [0.25, 0.3) is 0 Å². The summed E-state index contributed by atoms with van der Waals surface area (Å²) < 4.78 is 0. The molecule has 5 aromatic heterocycles. The minimum Gasteiger partial charge on any atom is -0.264 e. The predicted molar refractivity (Wildman–Crippen MR) is 205 cm³/mol. The van der Waals surface area contributed by atoms with Crippen LogP contribution < -0.4 is 0 Å². The van der Waals surface area contributed by atoms with Crippen LogP contribution >= 0.6 is 0 Å². The molecule has 0 aliphatic heterocycles. The molecule has 0 radical (unpaired) electrons. The Labute approximate surface area is 287 Å². The van der Waals surface area contributed by atoms with Gasteiger partial charge in [-0.25, -0.2) is 9.97 Å². The molecule has 10 aromatic rings. The van der Waals surface area contributed by atoms with Crippen molar-refractivity contribution in [3.63, 3.8) is 0 Å². The Bertz CT molecular complexity index is 2930. The van der Waals surface area contributed by atoms with E-state index in [9.17, 15) is 0 Å². The molecular weight excluding hydrogens is 611 g/mol. The van der Waals surface area contributed by atoms with Crippen LogP contribution in [0.25, 0.3) is 99.2 Å². The molecule has 5 aromatic carbocycles. The van der Waals surface area contributed by atoms with E-state index in [1.165, 1.54) is 0 Å². The summed E-state index contributed by atoms with van der Waals surface area (Å²) in [6, 6.07) is 48.8. The van der Waals surface area contributed by atoms with Gasteiger partial charge in [-0.3, -0.25) is 15.0 Å². The van der Waals surface area contributed by atoms with Crippen LogP contribution in [0, 0.1) is 0 Å². The topological polar surface area (TPSA) is 64.5 Å². The number of aromatic nitrogens is 5. The van der Waals surface area contributed by atoms with Gasteiger partial charge in [-0.05, 0) is 82.2 Å². The molecule has 0 amide bonds. The first-order chi connectivity index (χ1) is 24.7. The quantitative estimate of drug-likeness (QED) is 0.180. The first-order valence-electron chi connectivity index (χ1n) is 16.6. The lowest BCUT2D eigenvalue weighted by atomic mass is 9.98. The Hall–Kier alpha value is -6.85. The first kappa shape index (κ1) is 28.2. The summed E-state index contributed by atoms with van der Waals surface area (Å²) in [5, 5.41) is 6.66. The second kappa shape index (κ2) is 11.4. The second-order valence-electron chi connectivity index (χ2n) is 12.6. The predicted octanol–water partition coefficient (Wildman–Crippen LogP) is 11.1. The molecule has 0 fully saturated rings. The highest BCUT2D eigenvalue weighted by molar-refractivity contribution is 6.08. The van der Waals surface area contributed by atoms with Crippen molar-refractivity contribution in [2.75, 3.05) is 0 Å². The third kappa shape index (κ3) is 4.75. The van der Waals surface area contributed by atoms with E-state index in [0.717, 1.165) is 99.2 Å².